The highest BCUT2D eigenvalue weighted by Crippen LogP contribution is 2.21. The zero-order chi connectivity index (χ0) is 19.2. The number of pyridine rings is 1. The average molecular weight is 361 g/mol. The van der Waals surface area contributed by atoms with Crippen molar-refractivity contribution in [1.29, 1.82) is 0 Å². The maximum absolute atomic E-state index is 12.7. The molecule has 0 aliphatic heterocycles. The largest absolute Gasteiger partial charge is 0.497 e. The number of rotatable bonds is 5. The number of hydrogen-bond donors (Lipinski definition) is 2. The summed E-state index contributed by atoms with van der Waals surface area (Å²) < 4.78 is 5.16. The number of anilines is 2. The highest BCUT2D eigenvalue weighted by molar-refractivity contribution is 6.12. The van der Waals surface area contributed by atoms with E-state index in [1.165, 1.54) is 0 Å². The molecule has 2 N–H and O–H groups in total. The van der Waals surface area contributed by atoms with Gasteiger partial charge in [-0.25, -0.2) is 4.98 Å². The van der Waals surface area contributed by atoms with Crippen LogP contribution in [0.5, 0.6) is 5.75 Å². The van der Waals surface area contributed by atoms with E-state index in [9.17, 15) is 9.59 Å². The van der Waals surface area contributed by atoms with E-state index in [1.807, 2.05) is 13.0 Å². The number of carbonyl (C=O) groups is 2. The van der Waals surface area contributed by atoms with Crippen molar-refractivity contribution in [1.82, 2.24) is 4.98 Å². The summed E-state index contributed by atoms with van der Waals surface area (Å²) in [6, 6.07) is 19.1. The van der Waals surface area contributed by atoms with Crippen molar-refractivity contribution < 1.29 is 14.3 Å². The molecule has 6 heteroatoms. The Kier molecular flexibility index (Phi) is 5.47. The molecule has 3 rings (SSSR count). The Balaban J connectivity index is 1.80. The standard InChI is InChI=1S/C21H19N3O3/c1-14-7-5-12-19(22-14)21(26)24-18-11-4-3-10-17(18)20(25)23-15-8-6-9-16(13-15)27-2/h3-13H,1-2H3,(H,23,25)(H,24,26). The highest BCUT2D eigenvalue weighted by atomic mass is 16.5. The number of aromatic nitrogens is 1. The van der Waals surface area contributed by atoms with Gasteiger partial charge in [-0.2, -0.15) is 0 Å². The lowest BCUT2D eigenvalue weighted by atomic mass is 10.1. The minimum atomic E-state index is -0.375. The van der Waals surface area contributed by atoms with Crippen LogP contribution in [0.15, 0.2) is 66.7 Å². The first-order valence-electron chi connectivity index (χ1n) is 8.36. The predicted octanol–water partition coefficient (Wildman–Crippen LogP) is 3.90. The molecule has 0 aliphatic carbocycles. The van der Waals surface area contributed by atoms with E-state index >= 15 is 0 Å². The number of ether oxygens (including phenoxy) is 1. The Hall–Kier alpha value is -3.67. The average Bonchev–Trinajstić information content (AvgIpc) is 2.68. The van der Waals surface area contributed by atoms with Crippen LogP contribution in [0.25, 0.3) is 0 Å². The molecule has 0 bridgehead atoms. The first-order valence-corrected chi connectivity index (χ1v) is 8.36. The minimum absolute atomic E-state index is 0.290. The summed E-state index contributed by atoms with van der Waals surface area (Å²) in [5, 5.41) is 5.57. The van der Waals surface area contributed by atoms with E-state index in [1.54, 1.807) is 67.8 Å². The van der Waals surface area contributed by atoms with E-state index in [2.05, 4.69) is 15.6 Å². The first kappa shape index (κ1) is 18.1. The molecule has 0 saturated heterocycles. The zero-order valence-electron chi connectivity index (χ0n) is 15.0. The zero-order valence-corrected chi connectivity index (χ0v) is 15.0. The molecule has 0 spiro atoms. The lowest BCUT2D eigenvalue weighted by Crippen LogP contribution is -2.19. The Morgan fingerprint density at radius 2 is 1.67 bits per heavy atom. The third-order valence-electron chi connectivity index (χ3n) is 3.87. The second-order valence-corrected chi connectivity index (χ2v) is 5.85. The van der Waals surface area contributed by atoms with Gasteiger partial charge in [-0.15, -0.1) is 0 Å². The number of aryl methyl sites for hydroxylation is 1. The number of methoxy groups -OCH3 is 1. The van der Waals surface area contributed by atoms with Gasteiger partial charge in [0.1, 0.15) is 11.4 Å². The molecule has 27 heavy (non-hydrogen) atoms. The minimum Gasteiger partial charge on any atom is -0.497 e. The molecule has 1 aromatic heterocycles. The van der Waals surface area contributed by atoms with Gasteiger partial charge in [-0.1, -0.05) is 24.3 Å². The number of nitrogens with one attached hydrogen (secondary N) is 2. The van der Waals surface area contributed by atoms with Crippen LogP contribution in [0, 0.1) is 6.92 Å². The van der Waals surface area contributed by atoms with Gasteiger partial charge in [-0.05, 0) is 43.3 Å². The van der Waals surface area contributed by atoms with E-state index in [0.717, 1.165) is 5.69 Å². The maximum atomic E-state index is 12.7. The monoisotopic (exact) mass is 361 g/mol. The van der Waals surface area contributed by atoms with Crippen molar-refractivity contribution in [2.75, 3.05) is 17.7 Å². The van der Waals surface area contributed by atoms with E-state index in [-0.39, 0.29) is 17.5 Å². The van der Waals surface area contributed by atoms with Crippen LogP contribution in [-0.4, -0.2) is 23.9 Å². The Morgan fingerprint density at radius 3 is 2.44 bits per heavy atom. The third kappa shape index (κ3) is 4.49. The molecule has 6 nitrogen and oxygen atoms in total. The molecule has 0 saturated carbocycles. The first-order chi connectivity index (χ1) is 13.1. The number of nitrogens with zero attached hydrogens (tertiary/aromatic N) is 1. The molecular weight excluding hydrogens is 342 g/mol. The Morgan fingerprint density at radius 1 is 0.889 bits per heavy atom. The molecule has 3 aromatic rings. The second kappa shape index (κ2) is 8.14. The van der Waals surface area contributed by atoms with Crippen LogP contribution >= 0.6 is 0 Å². The molecule has 1 heterocycles. The molecule has 2 amide bonds. The summed E-state index contributed by atoms with van der Waals surface area (Å²) in [5.74, 6) is -0.0726. The fraction of sp³-hybridized carbons (Fsp3) is 0.0952. The molecule has 0 fully saturated rings. The third-order valence-corrected chi connectivity index (χ3v) is 3.87. The van der Waals surface area contributed by atoms with Gasteiger partial charge < -0.3 is 15.4 Å². The fourth-order valence-electron chi connectivity index (χ4n) is 2.55. The van der Waals surface area contributed by atoms with E-state index < -0.39 is 0 Å². The number of para-hydroxylation sites is 1. The van der Waals surface area contributed by atoms with Crippen LogP contribution in [0.3, 0.4) is 0 Å². The summed E-state index contributed by atoms with van der Waals surface area (Å²) >= 11 is 0. The SMILES string of the molecule is COc1cccc(NC(=O)c2ccccc2NC(=O)c2cccc(C)n2)c1. The lowest BCUT2D eigenvalue weighted by molar-refractivity contribution is 0.102. The molecule has 0 aliphatic rings. The molecule has 2 aromatic carbocycles. The molecular formula is C21H19N3O3. The summed E-state index contributed by atoms with van der Waals surface area (Å²) in [6.07, 6.45) is 0. The van der Waals surface area contributed by atoms with Crippen molar-refractivity contribution in [2.45, 2.75) is 6.92 Å². The van der Waals surface area contributed by atoms with Crippen molar-refractivity contribution in [3.05, 3.63) is 83.7 Å². The topological polar surface area (TPSA) is 80.3 Å². The van der Waals surface area contributed by atoms with Crippen LogP contribution in [0.1, 0.15) is 26.5 Å². The number of carbonyl (C=O) groups excluding carboxylic acids is 2. The van der Waals surface area contributed by atoms with Gasteiger partial charge in [0.05, 0.1) is 18.4 Å². The number of amides is 2. The van der Waals surface area contributed by atoms with Gasteiger partial charge >= 0.3 is 0 Å². The van der Waals surface area contributed by atoms with Crippen LogP contribution in [0.4, 0.5) is 11.4 Å². The fourth-order valence-corrected chi connectivity index (χ4v) is 2.55. The van der Waals surface area contributed by atoms with Gasteiger partial charge in [0, 0.05) is 17.4 Å². The van der Waals surface area contributed by atoms with Crippen LogP contribution in [0.2, 0.25) is 0 Å². The molecule has 0 atom stereocenters. The van der Waals surface area contributed by atoms with Gasteiger partial charge in [-0.3, -0.25) is 9.59 Å². The highest BCUT2D eigenvalue weighted by Gasteiger charge is 2.15. The van der Waals surface area contributed by atoms with E-state index in [4.69, 9.17) is 4.74 Å². The normalized spacial score (nSPS) is 10.1. The van der Waals surface area contributed by atoms with E-state index in [0.29, 0.717) is 22.7 Å². The Bertz CT molecular complexity index is 986. The number of hydrogen-bond acceptors (Lipinski definition) is 4. The Labute approximate surface area is 157 Å². The van der Waals surface area contributed by atoms with Crippen molar-refractivity contribution in [3.63, 3.8) is 0 Å². The van der Waals surface area contributed by atoms with Crippen molar-refractivity contribution in [3.8, 4) is 5.75 Å². The summed E-state index contributed by atoms with van der Waals surface area (Å²) in [6.45, 7) is 1.81. The molecule has 0 radical (unpaired) electrons. The molecule has 136 valence electrons. The second-order valence-electron chi connectivity index (χ2n) is 5.85. The van der Waals surface area contributed by atoms with Crippen LogP contribution in [-0.2, 0) is 0 Å². The van der Waals surface area contributed by atoms with Crippen molar-refractivity contribution in [2.24, 2.45) is 0 Å². The summed E-state index contributed by atoms with van der Waals surface area (Å²) in [4.78, 5) is 29.4. The van der Waals surface area contributed by atoms with Crippen molar-refractivity contribution >= 4 is 23.2 Å². The quantitative estimate of drug-likeness (QED) is 0.722. The number of benzene rings is 2. The lowest BCUT2D eigenvalue weighted by Gasteiger charge is -2.12. The van der Waals surface area contributed by atoms with Gasteiger partial charge in [0.2, 0.25) is 0 Å². The molecule has 0 unspecified atom stereocenters. The van der Waals surface area contributed by atoms with Gasteiger partial charge in [0.15, 0.2) is 0 Å². The summed E-state index contributed by atoms with van der Waals surface area (Å²) in [7, 11) is 1.56. The smallest absolute Gasteiger partial charge is 0.274 e. The maximum Gasteiger partial charge on any atom is 0.274 e. The summed E-state index contributed by atoms with van der Waals surface area (Å²) in [5.41, 5.74) is 2.39. The predicted molar refractivity (Wildman–Crippen MR) is 104 cm³/mol. The van der Waals surface area contributed by atoms with Gasteiger partial charge in [0.25, 0.3) is 11.8 Å². The van der Waals surface area contributed by atoms with Crippen LogP contribution < -0.4 is 15.4 Å².